The first-order valence-electron chi connectivity index (χ1n) is 7.26. The monoisotopic (exact) mass is 385 g/mol. The van der Waals surface area contributed by atoms with Gasteiger partial charge in [-0.15, -0.1) is 11.3 Å². The summed E-state index contributed by atoms with van der Waals surface area (Å²) in [5.41, 5.74) is 5.14. The fourth-order valence-electron chi connectivity index (χ4n) is 2.36. The fourth-order valence-corrected chi connectivity index (χ4v) is 3.41. The second-order valence-corrected chi connectivity index (χ2v) is 7.22. The van der Waals surface area contributed by atoms with E-state index in [0.29, 0.717) is 0 Å². The molecule has 0 saturated heterocycles. The summed E-state index contributed by atoms with van der Waals surface area (Å²) < 4.78 is 1.03. The number of carbonyl (C=O) groups excluding carboxylic acids is 1. The van der Waals surface area contributed by atoms with Crippen molar-refractivity contribution in [3.8, 4) is 11.1 Å². The Kier molecular flexibility index (Phi) is 4.64. The lowest BCUT2D eigenvalue weighted by molar-refractivity contribution is 0.103. The minimum absolute atomic E-state index is 0.0719. The normalized spacial score (nSPS) is 10.6. The molecule has 1 aromatic heterocycles. The van der Waals surface area contributed by atoms with E-state index in [1.165, 1.54) is 16.9 Å². The summed E-state index contributed by atoms with van der Waals surface area (Å²) in [6, 6.07) is 16.0. The number of rotatable bonds is 3. The standard InChI is InChI=1S/C19H16BrNOS/c1-12-3-5-14(6-4-12)16-9-10-23-18(16)19(22)21-15-7-8-17(20)13(2)11-15/h3-11H,1-2H3,(H,21,22). The zero-order chi connectivity index (χ0) is 16.4. The van der Waals surface area contributed by atoms with Crippen LogP contribution >= 0.6 is 27.3 Å². The van der Waals surface area contributed by atoms with E-state index in [-0.39, 0.29) is 5.91 Å². The fraction of sp³-hybridized carbons (Fsp3) is 0.105. The van der Waals surface area contributed by atoms with Gasteiger partial charge < -0.3 is 5.32 Å². The van der Waals surface area contributed by atoms with Crippen LogP contribution in [-0.2, 0) is 0 Å². The van der Waals surface area contributed by atoms with E-state index in [0.717, 1.165) is 31.7 Å². The lowest BCUT2D eigenvalue weighted by atomic mass is 10.0. The lowest BCUT2D eigenvalue weighted by Crippen LogP contribution is -2.11. The molecule has 1 heterocycles. The molecule has 1 N–H and O–H groups in total. The van der Waals surface area contributed by atoms with Gasteiger partial charge in [0.25, 0.3) is 5.91 Å². The molecule has 0 radical (unpaired) electrons. The van der Waals surface area contributed by atoms with Crippen molar-refractivity contribution in [3.63, 3.8) is 0 Å². The summed E-state index contributed by atoms with van der Waals surface area (Å²) in [6.45, 7) is 4.06. The van der Waals surface area contributed by atoms with Gasteiger partial charge in [-0.1, -0.05) is 45.8 Å². The molecule has 0 aliphatic carbocycles. The SMILES string of the molecule is Cc1ccc(-c2ccsc2C(=O)Nc2ccc(Br)c(C)c2)cc1. The van der Waals surface area contributed by atoms with Crippen LogP contribution in [0.1, 0.15) is 20.8 Å². The molecule has 0 bridgehead atoms. The van der Waals surface area contributed by atoms with E-state index in [1.807, 2.05) is 36.6 Å². The minimum atomic E-state index is -0.0719. The van der Waals surface area contributed by atoms with Crippen molar-refractivity contribution in [2.24, 2.45) is 0 Å². The average molecular weight is 386 g/mol. The first-order valence-corrected chi connectivity index (χ1v) is 8.94. The summed E-state index contributed by atoms with van der Waals surface area (Å²) >= 11 is 4.93. The third kappa shape index (κ3) is 3.54. The Hall–Kier alpha value is -1.91. The van der Waals surface area contributed by atoms with Gasteiger partial charge in [-0.3, -0.25) is 4.79 Å². The second-order valence-electron chi connectivity index (χ2n) is 5.45. The highest BCUT2D eigenvalue weighted by molar-refractivity contribution is 9.10. The van der Waals surface area contributed by atoms with E-state index in [4.69, 9.17) is 0 Å². The molecule has 0 aliphatic rings. The third-order valence-electron chi connectivity index (χ3n) is 3.65. The summed E-state index contributed by atoms with van der Waals surface area (Å²) in [4.78, 5) is 13.4. The maximum Gasteiger partial charge on any atom is 0.266 e. The Morgan fingerprint density at radius 2 is 1.78 bits per heavy atom. The van der Waals surface area contributed by atoms with Crippen molar-refractivity contribution in [2.75, 3.05) is 5.32 Å². The predicted octanol–water partition coefficient (Wildman–Crippen LogP) is 6.05. The molecule has 2 aromatic carbocycles. The molecule has 0 spiro atoms. The minimum Gasteiger partial charge on any atom is -0.321 e. The molecule has 0 aliphatic heterocycles. The quantitative estimate of drug-likeness (QED) is 0.584. The summed E-state index contributed by atoms with van der Waals surface area (Å²) in [5, 5.41) is 4.94. The van der Waals surface area contributed by atoms with Crippen LogP contribution in [0.2, 0.25) is 0 Å². The van der Waals surface area contributed by atoms with Crippen LogP contribution in [0.15, 0.2) is 58.4 Å². The largest absolute Gasteiger partial charge is 0.321 e. The maximum absolute atomic E-state index is 12.6. The number of thiophene rings is 1. The number of benzene rings is 2. The Bertz CT molecular complexity index is 852. The van der Waals surface area contributed by atoms with Gasteiger partial charge in [-0.25, -0.2) is 0 Å². The van der Waals surface area contributed by atoms with Crippen LogP contribution in [0.5, 0.6) is 0 Å². The number of anilines is 1. The predicted molar refractivity (Wildman–Crippen MR) is 101 cm³/mol. The van der Waals surface area contributed by atoms with Crippen molar-refractivity contribution in [1.82, 2.24) is 0 Å². The molecule has 0 saturated carbocycles. The van der Waals surface area contributed by atoms with Crippen LogP contribution in [0.25, 0.3) is 11.1 Å². The van der Waals surface area contributed by atoms with Gasteiger partial charge >= 0.3 is 0 Å². The first-order chi connectivity index (χ1) is 11.0. The molecular formula is C19H16BrNOS. The molecule has 1 amide bonds. The molecule has 0 fully saturated rings. The molecule has 23 heavy (non-hydrogen) atoms. The van der Waals surface area contributed by atoms with Crippen LogP contribution < -0.4 is 5.32 Å². The molecule has 4 heteroatoms. The summed E-state index contributed by atoms with van der Waals surface area (Å²) in [7, 11) is 0. The molecule has 116 valence electrons. The van der Waals surface area contributed by atoms with Crippen molar-refractivity contribution in [3.05, 3.63) is 74.4 Å². The zero-order valence-electron chi connectivity index (χ0n) is 12.9. The van der Waals surface area contributed by atoms with Crippen molar-refractivity contribution in [1.29, 1.82) is 0 Å². The van der Waals surface area contributed by atoms with Crippen molar-refractivity contribution < 1.29 is 4.79 Å². The van der Waals surface area contributed by atoms with Crippen molar-refractivity contribution in [2.45, 2.75) is 13.8 Å². The highest BCUT2D eigenvalue weighted by Gasteiger charge is 2.15. The molecular weight excluding hydrogens is 370 g/mol. The number of hydrogen-bond acceptors (Lipinski definition) is 2. The topological polar surface area (TPSA) is 29.1 Å². The maximum atomic E-state index is 12.6. The third-order valence-corrected chi connectivity index (χ3v) is 5.45. The van der Waals surface area contributed by atoms with Crippen LogP contribution in [0.4, 0.5) is 5.69 Å². The number of nitrogens with one attached hydrogen (secondary N) is 1. The Morgan fingerprint density at radius 1 is 1.04 bits per heavy atom. The van der Waals surface area contributed by atoms with Gasteiger partial charge in [-0.05, 0) is 54.6 Å². The van der Waals surface area contributed by atoms with Crippen LogP contribution in [0, 0.1) is 13.8 Å². The molecule has 2 nitrogen and oxygen atoms in total. The highest BCUT2D eigenvalue weighted by atomic mass is 79.9. The van der Waals surface area contributed by atoms with Gasteiger partial charge in [0.05, 0.1) is 4.88 Å². The number of halogens is 1. The second kappa shape index (κ2) is 6.69. The lowest BCUT2D eigenvalue weighted by Gasteiger charge is -2.08. The smallest absolute Gasteiger partial charge is 0.266 e. The number of carbonyl (C=O) groups is 1. The van der Waals surface area contributed by atoms with Gasteiger partial charge in [0, 0.05) is 15.7 Å². The van der Waals surface area contributed by atoms with E-state index in [9.17, 15) is 4.79 Å². The van der Waals surface area contributed by atoms with E-state index < -0.39 is 0 Å². The van der Waals surface area contributed by atoms with E-state index in [1.54, 1.807) is 0 Å². The summed E-state index contributed by atoms with van der Waals surface area (Å²) in [6.07, 6.45) is 0. The Balaban J connectivity index is 1.87. The van der Waals surface area contributed by atoms with Crippen LogP contribution in [-0.4, -0.2) is 5.91 Å². The van der Waals surface area contributed by atoms with Gasteiger partial charge in [0.1, 0.15) is 0 Å². The first kappa shape index (κ1) is 16.0. The number of aryl methyl sites for hydroxylation is 2. The average Bonchev–Trinajstić information content (AvgIpc) is 3.01. The zero-order valence-corrected chi connectivity index (χ0v) is 15.3. The molecule has 3 aromatic rings. The number of amides is 1. The van der Waals surface area contributed by atoms with E-state index >= 15 is 0 Å². The highest BCUT2D eigenvalue weighted by Crippen LogP contribution is 2.29. The Morgan fingerprint density at radius 3 is 2.48 bits per heavy atom. The van der Waals surface area contributed by atoms with Gasteiger partial charge in [0.2, 0.25) is 0 Å². The van der Waals surface area contributed by atoms with Crippen molar-refractivity contribution >= 4 is 38.9 Å². The molecule has 0 atom stereocenters. The van der Waals surface area contributed by atoms with Crippen LogP contribution in [0.3, 0.4) is 0 Å². The Labute approximate surface area is 148 Å². The summed E-state index contributed by atoms with van der Waals surface area (Å²) in [5.74, 6) is -0.0719. The molecule has 3 rings (SSSR count). The van der Waals surface area contributed by atoms with Gasteiger partial charge in [0.15, 0.2) is 0 Å². The van der Waals surface area contributed by atoms with E-state index in [2.05, 4.69) is 52.4 Å². The number of hydrogen-bond donors (Lipinski definition) is 1. The molecule has 0 unspecified atom stereocenters. The van der Waals surface area contributed by atoms with Gasteiger partial charge in [-0.2, -0.15) is 0 Å².